The molecule has 0 saturated carbocycles. The number of pyridine rings is 1. The number of carbonyl (C=O) groups is 1. The van der Waals surface area contributed by atoms with E-state index in [9.17, 15) is 4.79 Å². The van der Waals surface area contributed by atoms with Gasteiger partial charge < -0.3 is 4.57 Å². The van der Waals surface area contributed by atoms with Crippen molar-refractivity contribution in [1.82, 2.24) is 19.4 Å². The van der Waals surface area contributed by atoms with Crippen molar-refractivity contribution in [3.8, 4) is 5.69 Å². The monoisotopic (exact) mass is 371 g/mol. The van der Waals surface area contributed by atoms with E-state index in [1.165, 1.54) is 0 Å². The minimum absolute atomic E-state index is 0.288. The summed E-state index contributed by atoms with van der Waals surface area (Å²) in [6.45, 7) is 5.91. The highest BCUT2D eigenvalue weighted by Gasteiger charge is 2.15. The number of nitrogens with zero attached hydrogens (tertiary/aromatic N) is 4. The first kappa shape index (κ1) is 17.7. The van der Waals surface area contributed by atoms with Crippen molar-refractivity contribution >= 4 is 17.8 Å². The Labute approximate surface area is 163 Å². The molecule has 6 heteroatoms. The summed E-state index contributed by atoms with van der Waals surface area (Å²) in [5, 5.41) is 4.18. The molecule has 1 amide bonds. The number of imidazole rings is 1. The van der Waals surface area contributed by atoms with Gasteiger partial charge in [-0.25, -0.2) is 10.4 Å². The topological polar surface area (TPSA) is 63.7 Å². The van der Waals surface area contributed by atoms with Gasteiger partial charge >= 0.3 is 0 Å². The Morgan fingerprint density at radius 1 is 1.07 bits per heavy atom. The number of fused-ring (bicyclic) bond motifs is 1. The van der Waals surface area contributed by atoms with E-state index in [2.05, 4.69) is 45.2 Å². The largest absolute Gasteiger partial charge is 0.318 e. The van der Waals surface area contributed by atoms with Gasteiger partial charge in [0.1, 0.15) is 11.3 Å². The molecule has 0 radical (unpaired) electrons. The fourth-order valence-corrected chi connectivity index (χ4v) is 3.49. The van der Waals surface area contributed by atoms with Crippen molar-refractivity contribution in [2.24, 2.45) is 5.10 Å². The van der Waals surface area contributed by atoms with Crippen molar-refractivity contribution < 1.29 is 4.79 Å². The van der Waals surface area contributed by atoms with Gasteiger partial charge in [0.25, 0.3) is 5.91 Å². The van der Waals surface area contributed by atoms with E-state index < -0.39 is 0 Å². The highest BCUT2D eigenvalue weighted by atomic mass is 16.2. The van der Waals surface area contributed by atoms with Gasteiger partial charge in [0.05, 0.1) is 11.9 Å². The smallest absolute Gasteiger partial charge is 0.290 e. The lowest BCUT2D eigenvalue weighted by molar-refractivity contribution is 0.0948. The summed E-state index contributed by atoms with van der Waals surface area (Å²) in [5.74, 6) is -0.288. The Morgan fingerprint density at radius 3 is 2.61 bits per heavy atom. The summed E-state index contributed by atoms with van der Waals surface area (Å²) in [4.78, 5) is 17.0. The van der Waals surface area contributed by atoms with Gasteiger partial charge in [0.2, 0.25) is 0 Å². The van der Waals surface area contributed by atoms with Crippen molar-refractivity contribution in [2.45, 2.75) is 20.8 Å². The first-order chi connectivity index (χ1) is 13.6. The maximum atomic E-state index is 12.6. The molecule has 4 rings (SSSR count). The lowest BCUT2D eigenvalue weighted by Crippen LogP contribution is -2.20. The number of aryl methyl sites for hydroxylation is 2. The molecule has 6 nitrogen and oxygen atoms in total. The number of aromatic nitrogens is 3. The lowest BCUT2D eigenvalue weighted by Gasteiger charge is -2.08. The maximum absolute atomic E-state index is 12.6. The second kappa shape index (κ2) is 7.15. The molecule has 0 saturated heterocycles. The van der Waals surface area contributed by atoms with Crippen LogP contribution in [0.25, 0.3) is 11.3 Å². The Balaban J connectivity index is 1.57. The molecule has 28 heavy (non-hydrogen) atoms. The summed E-state index contributed by atoms with van der Waals surface area (Å²) in [7, 11) is 0. The molecule has 0 unspecified atom stereocenters. The fourth-order valence-electron chi connectivity index (χ4n) is 3.49. The van der Waals surface area contributed by atoms with Crippen LogP contribution in [-0.4, -0.2) is 26.1 Å². The number of amides is 1. The van der Waals surface area contributed by atoms with Gasteiger partial charge in [0.15, 0.2) is 0 Å². The molecule has 0 bridgehead atoms. The predicted molar refractivity (Wildman–Crippen MR) is 110 cm³/mol. The number of hydrazone groups is 1. The quantitative estimate of drug-likeness (QED) is 0.438. The number of carbonyl (C=O) groups excluding carboxylic acids is 1. The maximum Gasteiger partial charge on any atom is 0.290 e. The molecule has 0 fully saturated rings. The average molecular weight is 371 g/mol. The normalized spacial score (nSPS) is 11.4. The second-order valence-corrected chi connectivity index (χ2v) is 6.67. The first-order valence-electron chi connectivity index (χ1n) is 9.07. The summed E-state index contributed by atoms with van der Waals surface area (Å²) < 4.78 is 3.93. The van der Waals surface area contributed by atoms with Gasteiger partial charge in [-0.1, -0.05) is 24.3 Å². The molecular formula is C22H21N5O. The molecule has 140 valence electrons. The minimum Gasteiger partial charge on any atom is -0.318 e. The van der Waals surface area contributed by atoms with Crippen LogP contribution in [-0.2, 0) is 0 Å². The highest BCUT2D eigenvalue weighted by molar-refractivity contribution is 5.95. The van der Waals surface area contributed by atoms with Crippen LogP contribution >= 0.6 is 0 Å². The molecule has 0 aliphatic carbocycles. The van der Waals surface area contributed by atoms with Crippen LogP contribution in [0.3, 0.4) is 0 Å². The first-order valence-corrected chi connectivity index (χ1v) is 9.07. The van der Waals surface area contributed by atoms with Crippen molar-refractivity contribution in [3.05, 3.63) is 89.1 Å². The molecule has 3 heterocycles. The third-order valence-corrected chi connectivity index (χ3v) is 4.77. The molecule has 3 aromatic heterocycles. The second-order valence-electron chi connectivity index (χ2n) is 6.67. The van der Waals surface area contributed by atoms with Crippen molar-refractivity contribution in [1.29, 1.82) is 0 Å². The molecular weight excluding hydrogens is 350 g/mol. The number of hydrogen-bond donors (Lipinski definition) is 1. The number of nitrogens with one attached hydrogen (secondary N) is 1. The van der Waals surface area contributed by atoms with Crippen molar-refractivity contribution in [2.75, 3.05) is 0 Å². The Bertz CT molecular complexity index is 1180. The fraction of sp³-hybridized carbons (Fsp3) is 0.136. The van der Waals surface area contributed by atoms with Crippen LogP contribution in [0, 0.1) is 20.8 Å². The van der Waals surface area contributed by atoms with Gasteiger partial charge in [-0.3, -0.25) is 9.20 Å². The molecule has 4 aromatic rings. The molecule has 0 atom stereocenters. The van der Waals surface area contributed by atoms with Gasteiger partial charge in [0, 0.05) is 28.8 Å². The van der Waals surface area contributed by atoms with Crippen LogP contribution in [0.1, 0.15) is 33.1 Å². The zero-order chi connectivity index (χ0) is 19.7. The SMILES string of the molecule is Cc1nc2ccccn2c1C(=O)N/N=C\c1cc(C)n(-c2ccccc2)c1C. The number of hydrogen-bond acceptors (Lipinski definition) is 3. The third kappa shape index (κ3) is 3.09. The minimum atomic E-state index is -0.288. The number of benzene rings is 1. The number of rotatable bonds is 4. The Morgan fingerprint density at radius 2 is 1.82 bits per heavy atom. The van der Waals surface area contributed by atoms with E-state index in [1.807, 2.05) is 56.4 Å². The summed E-state index contributed by atoms with van der Waals surface area (Å²) in [6, 6.07) is 17.8. The van der Waals surface area contributed by atoms with E-state index in [-0.39, 0.29) is 5.91 Å². The lowest BCUT2D eigenvalue weighted by atomic mass is 10.2. The van der Waals surface area contributed by atoms with E-state index >= 15 is 0 Å². The highest BCUT2D eigenvalue weighted by Crippen LogP contribution is 2.19. The van der Waals surface area contributed by atoms with Crippen molar-refractivity contribution in [3.63, 3.8) is 0 Å². The Hall–Kier alpha value is -3.67. The van der Waals surface area contributed by atoms with Crippen LogP contribution in [0.4, 0.5) is 0 Å². The summed E-state index contributed by atoms with van der Waals surface area (Å²) >= 11 is 0. The zero-order valence-corrected chi connectivity index (χ0v) is 16.0. The predicted octanol–water partition coefficient (Wildman–Crippen LogP) is 3.81. The molecule has 1 aromatic carbocycles. The standard InChI is InChI=1S/C22H21N5O/c1-15-13-18(17(3)27(15)19-9-5-4-6-10-19)14-23-25-22(28)21-16(2)24-20-11-7-8-12-26(20)21/h4-14H,1-3H3,(H,25,28)/b23-14-. The van der Waals surface area contributed by atoms with E-state index in [4.69, 9.17) is 0 Å². The number of para-hydroxylation sites is 1. The van der Waals surface area contributed by atoms with Gasteiger partial charge in [-0.2, -0.15) is 5.10 Å². The molecule has 0 aliphatic rings. The van der Waals surface area contributed by atoms with Crippen LogP contribution < -0.4 is 5.43 Å². The summed E-state index contributed by atoms with van der Waals surface area (Å²) in [6.07, 6.45) is 3.50. The zero-order valence-electron chi connectivity index (χ0n) is 16.0. The Kier molecular flexibility index (Phi) is 4.53. The van der Waals surface area contributed by atoms with Crippen LogP contribution in [0.15, 0.2) is 65.9 Å². The average Bonchev–Trinajstić information content (AvgIpc) is 3.17. The van der Waals surface area contributed by atoms with E-state index in [0.717, 1.165) is 28.3 Å². The molecule has 0 spiro atoms. The van der Waals surface area contributed by atoms with Gasteiger partial charge in [-0.05, 0) is 51.1 Å². The van der Waals surface area contributed by atoms with E-state index in [0.29, 0.717) is 11.4 Å². The van der Waals surface area contributed by atoms with E-state index in [1.54, 1.807) is 10.6 Å². The molecule has 0 aliphatic heterocycles. The van der Waals surface area contributed by atoms with Crippen LogP contribution in [0.2, 0.25) is 0 Å². The third-order valence-electron chi connectivity index (χ3n) is 4.77. The molecule has 1 N–H and O–H groups in total. The van der Waals surface area contributed by atoms with Crippen LogP contribution in [0.5, 0.6) is 0 Å². The summed E-state index contributed by atoms with van der Waals surface area (Å²) in [5.41, 5.74) is 8.74. The van der Waals surface area contributed by atoms with Gasteiger partial charge in [-0.15, -0.1) is 0 Å².